The van der Waals surface area contributed by atoms with Crippen LogP contribution < -0.4 is 15.1 Å². The van der Waals surface area contributed by atoms with Crippen LogP contribution >= 0.6 is 0 Å². The maximum absolute atomic E-state index is 13.8. The molecule has 0 saturated heterocycles. The quantitative estimate of drug-likeness (QED) is 0.726. The molecule has 0 spiro atoms. The first-order chi connectivity index (χ1) is 15.6. The van der Waals surface area contributed by atoms with Gasteiger partial charge >= 0.3 is 6.09 Å². The monoisotopic (exact) mass is 447 g/mol. The third-order valence-electron chi connectivity index (χ3n) is 5.51. The molecular formula is C25H25N3O5. The number of fused-ring (bicyclic) bond motifs is 1. The molecule has 0 saturated carbocycles. The largest absolute Gasteiger partial charge is 0.444 e. The van der Waals surface area contributed by atoms with Crippen LogP contribution in [0.3, 0.4) is 0 Å². The molecule has 0 unspecified atom stereocenters. The molecule has 2 aliphatic rings. The molecule has 2 aliphatic heterocycles. The first kappa shape index (κ1) is 22.3. The minimum atomic E-state index is -1.90. The van der Waals surface area contributed by atoms with Crippen LogP contribution in [0.5, 0.6) is 0 Å². The standard InChI is InChI=1S/C25H25N3O5/c1-5-27-19-14-10-9-13-17(19)25(22(27)31,26-23(32)33-24(2,3)4)18-15-20(29)28(21(18)30)16-11-7-6-8-12-16/h6-15H,5H2,1-4H3,(H,26,32)/t25-/m0/s1. The molecule has 4 amide bonds. The van der Waals surface area contributed by atoms with Gasteiger partial charge in [-0.15, -0.1) is 0 Å². The van der Waals surface area contributed by atoms with E-state index in [1.165, 1.54) is 4.90 Å². The minimum absolute atomic E-state index is 0.129. The van der Waals surface area contributed by atoms with Crippen molar-refractivity contribution in [3.05, 3.63) is 71.8 Å². The lowest BCUT2D eigenvalue weighted by Gasteiger charge is -2.32. The summed E-state index contributed by atoms with van der Waals surface area (Å²) in [5, 5.41) is 2.66. The van der Waals surface area contributed by atoms with E-state index in [9.17, 15) is 19.2 Å². The summed E-state index contributed by atoms with van der Waals surface area (Å²) in [5.41, 5.74) is -1.53. The molecule has 0 radical (unpaired) electrons. The maximum Gasteiger partial charge on any atom is 0.409 e. The first-order valence-corrected chi connectivity index (χ1v) is 10.7. The number of alkyl carbamates (subject to hydrolysis) is 1. The van der Waals surface area contributed by atoms with E-state index in [0.717, 1.165) is 11.0 Å². The highest BCUT2D eigenvalue weighted by Crippen LogP contribution is 2.46. The van der Waals surface area contributed by atoms with Gasteiger partial charge in [0, 0.05) is 18.2 Å². The zero-order valence-electron chi connectivity index (χ0n) is 18.9. The Morgan fingerprint density at radius 2 is 1.64 bits per heavy atom. The van der Waals surface area contributed by atoms with Crippen LogP contribution in [0, 0.1) is 0 Å². The van der Waals surface area contributed by atoms with Gasteiger partial charge in [-0.25, -0.2) is 9.69 Å². The van der Waals surface area contributed by atoms with Gasteiger partial charge in [0.25, 0.3) is 17.7 Å². The second kappa shape index (κ2) is 7.88. The van der Waals surface area contributed by atoms with Crippen molar-refractivity contribution in [2.45, 2.75) is 38.8 Å². The predicted molar refractivity (Wildman–Crippen MR) is 123 cm³/mol. The number of para-hydroxylation sites is 2. The second-order valence-electron chi connectivity index (χ2n) is 8.82. The number of rotatable bonds is 4. The average Bonchev–Trinajstić information content (AvgIpc) is 3.18. The second-order valence-corrected chi connectivity index (χ2v) is 8.82. The Morgan fingerprint density at radius 1 is 1.00 bits per heavy atom. The van der Waals surface area contributed by atoms with E-state index in [4.69, 9.17) is 4.74 Å². The van der Waals surface area contributed by atoms with E-state index >= 15 is 0 Å². The van der Waals surface area contributed by atoms with Gasteiger partial charge in [-0.3, -0.25) is 19.7 Å². The molecule has 1 N–H and O–H groups in total. The highest BCUT2D eigenvalue weighted by Gasteiger charge is 2.59. The van der Waals surface area contributed by atoms with Gasteiger partial charge in [0.1, 0.15) is 5.60 Å². The summed E-state index contributed by atoms with van der Waals surface area (Å²) < 4.78 is 5.43. The number of nitrogens with one attached hydrogen (secondary N) is 1. The Bertz CT molecular complexity index is 1180. The number of benzene rings is 2. The van der Waals surface area contributed by atoms with Crippen LogP contribution in [-0.4, -0.2) is 36.0 Å². The number of nitrogens with zero attached hydrogens (tertiary/aromatic N) is 2. The van der Waals surface area contributed by atoms with Crippen LogP contribution in [0.15, 0.2) is 66.2 Å². The van der Waals surface area contributed by atoms with E-state index in [1.807, 2.05) is 0 Å². The SMILES string of the molecule is CCN1C(=O)[C@@](NC(=O)OC(C)(C)C)(C2=CC(=O)N(c3ccccc3)C2=O)c2ccccc21. The van der Waals surface area contributed by atoms with Gasteiger partial charge in [0.2, 0.25) is 0 Å². The molecule has 170 valence electrons. The molecule has 4 rings (SSSR count). The van der Waals surface area contributed by atoms with Crippen LogP contribution in [0.1, 0.15) is 33.3 Å². The summed E-state index contributed by atoms with van der Waals surface area (Å²) in [7, 11) is 0. The molecule has 0 aliphatic carbocycles. The molecular weight excluding hydrogens is 422 g/mol. The third kappa shape index (κ3) is 3.57. The van der Waals surface area contributed by atoms with Gasteiger partial charge in [-0.05, 0) is 45.9 Å². The first-order valence-electron chi connectivity index (χ1n) is 10.7. The Kier molecular flexibility index (Phi) is 5.32. The summed E-state index contributed by atoms with van der Waals surface area (Å²) in [4.78, 5) is 55.8. The van der Waals surface area contributed by atoms with Gasteiger partial charge in [0.05, 0.1) is 16.9 Å². The molecule has 0 bridgehead atoms. The summed E-state index contributed by atoms with van der Waals surface area (Å²) in [6, 6.07) is 15.3. The Labute approximate surface area is 191 Å². The molecule has 0 fully saturated rings. The van der Waals surface area contributed by atoms with Crippen molar-refractivity contribution in [1.29, 1.82) is 0 Å². The van der Waals surface area contributed by atoms with E-state index < -0.39 is 35.0 Å². The van der Waals surface area contributed by atoms with Gasteiger partial charge in [0.15, 0.2) is 5.54 Å². The number of amides is 4. The summed E-state index contributed by atoms with van der Waals surface area (Å²) in [6.45, 7) is 7.20. The van der Waals surface area contributed by atoms with Crippen molar-refractivity contribution in [2.75, 3.05) is 16.3 Å². The van der Waals surface area contributed by atoms with Crippen LogP contribution in [0.25, 0.3) is 0 Å². The predicted octanol–water partition coefficient (Wildman–Crippen LogP) is 3.27. The normalized spacial score (nSPS) is 20.1. The van der Waals surface area contributed by atoms with E-state index in [0.29, 0.717) is 23.5 Å². The highest BCUT2D eigenvalue weighted by molar-refractivity contribution is 6.34. The van der Waals surface area contributed by atoms with Crippen molar-refractivity contribution in [3.8, 4) is 0 Å². The maximum atomic E-state index is 13.8. The molecule has 2 aromatic carbocycles. The van der Waals surface area contributed by atoms with Crippen molar-refractivity contribution in [1.82, 2.24) is 5.32 Å². The van der Waals surface area contributed by atoms with Crippen molar-refractivity contribution < 1.29 is 23.9 Å². The number of imide groups is 1. The van der Waals surface area contributed by atoms with Crippen LogP contribution in [0.2, 0.25) is 0 Å². The van der Waals surface area contributed by atoms with Crippen molar-refractivity contribution in [2.24, 2.45) is 0 Å². The lowest BCUT2D eigenvalue weighted by molar-refractivity contribution is -0.126. The average molecular weight is 447 g/mol. The fraction of sp³-hybridized carbons (Fsp3) is 0.280. The van der Waals surface area contributed by atoms with E-state index in [1.54, 1.807) is 82.3 Å². The van der Waals surface area contributed by atoms with Crippen LogP contribution in [-0.2, 0) is 24.7 Å². The highest BCUT2D eigenvalue weighted by atomic mass is 16.6. The summed E-state index contributed by atoms with van der Waals surface area (Å²) >= 11 is 0. The molecule has 2 aromatic rings. The van der Waals surface area contributed by atoms with E-state index in [2.05, 4.69) is 5.32 Å². The molecule has 2 heterocycles. The molecule has 8 heteroatoms. The molecule has 8 nitrogen and oxygen atoms in total. The smallest absolute Gasteiger partial charge is 0.409 e. The van der Waals surface area contributed by atoms with Crippen LogP contribution in [0.4, 0.5) is 16.2 Å². The number of carbonyl (C=O) groups excluding carboxylic acids is 4. The molecule has 1 atom stereocenters. The topological polar surface area (TPSA) is 96.0 Å². The van der Waals surface area contributed by atoms with Crippen molar-refractivity contribution >= 4 is 35.2 Å². The number of carbonyl (C=O) groups is 4. The Balaban J connectivity index is 1.88. The van der Waals surface area contributed by atoms with Gasteiger partial charge in [-0.2, -0.15) is 0 Å². The molecule has 33 heavy (non-hydrogen) atoms. The lowest BCUT2D eigenvalue weighted by Crippen LogP contribution is -2.56. The zero-order valence-corrected chi connectivity index (χ0v) is 18.9. The van der Waals surface area contributed by atoms with Gasteiger partial charge < -0.3 is 9.64 Å². The number of hydrogen-bond acceptors (Lipinski definition) is 5. The fourth-order valence-corrected chi connectivity index (χ4v) is 4.23. The third-order valence-corrected chi connectivity index (χ3v) is 5.51. The summed E-state index contributed by atoms with van der Waals surface area (Å²) in [5.74, 6) is -1.80. The van der Waals surface area contributed by atoms with E-state index in [-0.39, 0.29) is 5.57 Å². The number of anilines is 2. The Morgan fingerprint density at radius 3 is 2.27 bits per heavy atom. The number of hydrogen-bond donors (Lipinski definition) is 1. The lowest BCUT2D eigenvalue weighted by atomic mass is 9.83. The molecule has 0 aromatic heterocycles. The number of ether oxygens (including phenoxy) is 1. The zero-order chi connectivity index (χ0) is 24.0. The van der Waals surface area contributed by atoms with Gasteiger partial charge in [-0.1, -0.05) is 36.4 Å². The fourth-order valence-electron chi connectivity index (χ4n) is 4.23. The summed E-state index contributed by atoms with van der Waals surface area (Å²) in [6.07, 6.45) is 0.253. The Hall–Kier alpha value is -3.94. The minimum Gasteiger partial charge on any atom is -0.444 e. The number of likely N-dealkylation sites (N-methyl/N-ethyl adjacent to an activating group) is 1. The van der Waals surface area contributed by atoms with Crippen molar-refractivity contribution in [3.63, 3.8) is 0 Å².